The minimum absolute atomic E-state index is 0. The maximum Gasteiger partial charge on any atom is 0.258 e. The molecule has 1 aliphatic heterocycles. The largest absolute Gasteiger partial charge is 0.349 e. The van der Waals surface area contributed by atoms with Gasteiger partial charge in [0.1, 0.15) is 0 Å². The Hall–Kier alpha value is -1.92. The van der Waals surface area contributed by atoms with Crippen LogP contribution in [0, 0.1) is 0 Å². The van der Waals surface area contributed by atoms with Gasteiger partial charge in [0.2, 0.25) is 0 Å². The van der Waals surface area contributed by atoms with Gasteiger partial charge in [-0.1, -0.05) is 38.1 Å². The molecule has 1 saturated heterocycles. The van der Waals surface area contributed by atoms with Gasteiger partial charge in [-0.25, -0.2) is 0 Å². The SMILES string of the molecule is CC1CC(NC(=O)c2ccccc2-c2nc(C(C)(C)C)no2)CCN1.Cl. The van der Waals surface area contributed by atoms with Crippen LogP contribution >= 0.6 is 12.4 Å². The van der Waals surface area contributed by atoms with E-state index in [0.717, 1.165) is 19.4 Å². The van der Waals surface area contributed by atoms with Gasteiger partial charge in [0.05, 0.1) is 11.1 Å². The number of hydrogen-bond acceptors (Lipinski definition) is 5. The molecular formula is C19H27ClN4O2. The van der Waals surface area contributed by atoms with E-state index >= 15 is 0 Å². The maximum absolute atomic E-state index is 12.8. The molecule has 1 aromatic heterocycles. The van der Waals surface area contributed by atoms with Gasteiger partial charge in [-0.05, 0) is 38.4 Å². The molecule has 1 aliphatic rings. The number of aromatic nitrogens is 2. The molecule has 2 atom stereocenters. The summed E-state index contributed by atoms with van der Waals surface area (Å²) in [5.41, 5.74) is 1.03. The van der Waals surface area contributed by atoms with Crippen molar-refractivity contribution in [2.75, 3.05) is 6.54 Å². The van der Waals surface area contributed by atoms with Gasteiger partial charge in [0.15, 0.2) is 5.82 Å². The fourth-order valence-electron chi connectivity index (χ4n) is 3.03. The fraction of sp³-hybridized carbons (Fsp3) is 0.526. The van der Waals surface area contributed by atoms with Crippen molar-refractivity contribution in [3.63, 3.8) is 0 Å². The highest BCUT2D eigenvalue weighted by molar-refractivity contribution is 6.00. The van der Waals surface area contributed by atoms with Crippen LogP contribution in [-0.4, -0.2) is 34.7 Å². The predicted octanol–water partition coefficient (Wildman–Crippen LogP) is 3.33. The zero-order chi connectivity index (χ0) is 18.0. The number of nitrogens with zero attached hydrogens (tertiary/aromatic N) is 2. The van der Waals surface area contributed by atoms with Gasteiger partial charge in [0, 0.05) is 17.5 Å². The number of piperidine rings is 1. The van der Waals surface area contributed by atoms with Crippen LogP contribution in [0.5, 0.6) is 0 Å². The van der Waals surface area contributed by atoms with E-state index in [9.17, 15) is 4.79 Å². The second-order valence-electron chi connectivity index (χ2n) is 7.77. The zero-order valence-electron chi connectivity index (χ0n) is 15.7. The van der Waals surface area contributed by atoms with E-state index in [1.165, 1.54) is 0 Å². The molecule has 0 radical (unpaired) electrons. The van der Waals surface area contributed by atoms with Gasteiger partial charge in [-0.2, -0.15) is 4.98 Å². The van der Waals surface area contributed by atoms with Crippen LogP contribution in [0.1, 0.15) is 56.7 Å². The van der Waals surface area contributed by atoms with Crippen molar-refractivity contribution in [2.45, 2.75) is 58.0 Å². The van der Waals surface area contributed by atoms with Crippen molar-refractivity contribution in [1.82, 2.24) is 20.8 Å². The van der Waals surface area contributed by atoms with E-state index in [1.54, 1.807) is 6.07 Å². The summed E-state index contributed by atoms with van der Waals surface area (Å²) in [6, 6.07) is 7.98. The number of hydrogen-bond donors (Lipinski definition) is 2. The molecule has 26 heavy (non-hydrogen) atoms. The maximum atomic E-state index is 12.8. The molecule has 142 valence electrons. The molecule has 1 amide bonds. The van der Waals surface area contributed by atoms with E-state index < -0.39 is 0 Å². The van der Waals surface area contributed by atoms with Gasteiger partial charge in [0.25, 0.3) is 11.8 Å². The quantitative estimate of drug-likeness (QED) is 0.856. The number of carbonyl (C=O) groups is 1. The predicted molar refractivity (Wildman–Crippen MR) is 104 cm³/mol. The molecule has 0 spiro atoms. The van der Waals surface area contributed by atoms with E-state index in [2.05, 4.69) is 27.7 Å². The fourth-order valence-corrected chi connectivity index (χ4v) is 3.03. The first-order chi connectivity index (χ1) is 11.8. The van der Waals surface area contributed by atoms with Crippen molar-refractivity contribution in [1.29, 1.82) is 0 Å². The van der Waals surface area contributed by atoms with E-state index in [1.807, 2.05) is 39.0 Å². The molecule has 7 heteroatoms. The summed E-state index contributed by atoms with van der Waals surface area (Å²) in [5, 5.41) is 10.6. The Morgan fingerprint density at radius 1 is 1.31 bits per heavy atom. The van der Waals surface area contributed by atoms with Crippen molar-refractivity contribution in [3.05, 3.63) is 35.7 Å². The third kappa shape index (κ3) is 4.62. The van der Waals surface area contributed by atoms with Crippen molar-refractivity contribution < 1.29 is 9.32 Å². The Morgan fingerprint density at radius 3 is 2.69 bits per heavy atom. The van der Waals surface area contributed by atoms with Crippen LogP contribution in [-0.2, 0) is 5.41 Å². The van der Waals surface area contributed by atoms with Crippen LogP contribution < -0.4 is 10.6 Å². The lowest BCUT2D eigenvalue weighted by Crippen LogP contribution is -2.46. The second-order valence-corrected chi connectivity index (χ2v) is 7.77. The van der Waals surface area contributed by atoms with Crippen molar-refractivity contribution >= 4 is 18.3 Å². The third-order valence-corrected chi connectivity index (χ3v) is 4.46. The Kier molecular flexibility index (Phi) is 6.42. The number of rotatable bonds is 3. The first-order valence-corrected chi connectivity index (χ1v) is 8.82. The number of benzene rings is 1. The normalized spacial score (nSPS) is 20.3. The summed E-state index contributed by atoms with van der Waals surface area (Å²) in [6.45, 7) is 9.14. The number of nitrogens with one attached hydrogen (secondary N) is 2. The Morgan fingerprint density at radius 2 is 2.04 bits per heavy atom. The molecule has 2 aromatic rings. The zero-order valence-corrected chi connectivity index (χ0v) is 16.5. The Labute approximate surface area is 160 Å². The van der Waals surface area contributed by atoms with E-state index in [-0.39, 0.29) is 29.8 Å². The first kappa shape index (κ1) is 20.4. The lowest BCUT2D eigenvalue weighted by atomic mass is 9.96. The smallest absolute Gasteiger partial charge is 0.258 e. The number of carbonyl (C=O) groups excluding carboxylic acids is 1. The molecule has 2 unspecified atom stereocenters. The lowest BCUT2D eigenvalue weighted by Gasteiger charge is -2.28. The number of halogens is 1. The van der Waals surface area contributed by atoms with Crippen LogP contribution in [0.15, 0.2) is 28.8 Å². The summed E-state index contributed by atoms with van der Waals surface area (Å²) in [7, 11) is 0. The summed E-state index contributed by atoms with van der Waals surface area (Å²) in [5.74, 6) is 0.921. The minimum Gasteiger partial charge on any atom is -0.349 e. The van der Waals surface area contributed by atoms with Crippen molar-refractivity contribution in [2.24, 2.45) is 0 Å². The Bertz CT molecular complexity index is 754. The van der Waals surface area contributed by atoms with Gasteiger partial charge in [-0.15, -0.1) is 12.4 Å². The molecule has 0 aliphatic carbocycles. The molecule has 1 aromatic carbocycles. The standard InChI is InChI=1S/C19H26N4O2.ClH/c1-12-11-13(9-10-20-12)21-16(24)14-7-5-6-8-15(14)17-22-18(23-25-17)19(2,3)4;/h5-8,12-13,20H,9-11H2,1-4H3,(H,21,24);1H. The number of amides is 1. The van der Waals surface area contributed by atoms with Gasteiger partial charge >= 0.3 is 0 Å². The van der Waals surface area contributed by atoms with Crippen molar-refractivity contribution in [3.8, 4) is 11.5 Å². The average Bonchev–Trinajstić information content (AvgIpc) is 3.05. The molecule has 6 nitrogen and oxygen atoms in total. The third-order valence-electron chi connectivity index (χ3n) is 4.46. The van der Waals surface area contributed by atoms with Crippen LogP contribution in [0.2, 0.25) is 0 Å². The summed E-state index contributed by atoms with van der Waals surface area (Å²) in [4.78, 5) is 17.3. The molecule has 1 fully saturated rings. The van der Waals surface area contributed by atoms with Gasteiger partial charge in [-0.3, -0.25) is 4.79 Å². The molecule has 2 N–H and O–H groups in total. The highest BCUT2D eigenvalue weighted by atomic mass is 35.5. The average molecular weight is 379 g/mol. The van der Waals surface area contributed by atoms with Crippen LogP contribution in [0.3, 0.4) is 0 Å². The molecule has 0 saturated carbocycles. The highest BCUT2D eigenvalue weighted by Crippen LogP contribution is 2.26. The second kappa shape index (κ2) is 8.18. The van der Waals surface area contributed by atoms with Gasteiger partial charge < -0.3 is 15.2 Å². The minimum atomic E-state index is -0.204. The van der Waals surface area contributed by atoms with Crippen LogP contribution in [0.25, 0.3) is 11.5 Å². The molecule has 0 bridgehead atoms. The topological polar surface area (TPSA) is 80.1 Å². The van der Waals surface area contributed by atoms with Crippen LogP contribution in [0.4, 0.5) is 0 Å². The first-order valence-electron chi connectivity index (χ1n) is 8.82. The summed E-state index contributed by atoms with van der Waals surface area (Å²) in [6.07, 6.45) is 1.87. The monoisotopic (exact) mass is 378 g/mol. The highest BCUT2D eigenvalue weighted by Gasteiger charge is 2.25. The summed E-state index contributed by atoms with van der Waals surface area (Å²) < 4.78 is 5.42. The molecule has 2 heterocycles. The lowest BCUT2D eigenvalue weighted by molar-refractivity contribution is 0.0926. The Balaban J connectivity index is 0.00000243. The molecule has 3 rings (SSSR count). The summed E-state index contributed by atoms with van der Waals surface area (Å²) >= 11 is 0. The van der Waals surface area contributed by atoms with E-state index in [4.69, 9.17) is 4.52 Å². The molecular weight excluding hydrogens is 352 g/mol. The van der Waals surface area contributed by atoms with E-state index in [0.29, 0.717) is 28.9 Å².